The largest absolute Gasteiger partial charge is 0.423 e. The van der Waals surface area contributed by atoms with Crippen LogP contribution in [0, 0.1) is 6.92 Å². The van der Waals surface area contributed by atoms with Gasteiger partial charge in [0.15, 0.2) is 0 Å². The molecule has 3 rings (SSSR count). The molecule has 1 fully saturated rings. The fraction of sp³-hybridized carbons (Fsp3) is 0.474. The van der Waals surface area contributed by atoms with E-state index in [-0.39, 0.29) is 17.8 Å². The van der Waals surface area contributed by atoms with Crippen molar-refractivity contribution in [3.05, 3.63) is 40.2 Å². The van der Waals surface area contributed by atoms with Crippen LogP contribution in [-0.4, -0.2) is 36.7 Å². The molecule has 1 atom stereocenters. The van der Waals surface area contributed by atoms with E-state index >= 15 is 0 Å². The number of likely N-dealkylation sites (tertiary alicyclic amines) is 1. The van der Waals surface area contributed by atoms with Crippen LogP contribution in [0.1, 0.15) is 31.7 Å². The van der Waals surface area contributed by atoms with E-state index in [1.807, 2.05) is 19.1 Å². The molecular weight excluding hydrogens is 320 g/mol. The minimum absolute atomic E-state index is 0.108. The number of amides is 2. The molecule has 0 unspecified atom stereocenters. The zero-order valence-corrected chi connectivity index (χ0v) is 14.7. The molecule has 0 radical (unpaired) electrons. The van der Waals surface area contributed by atoms with Crippen molar-refractivity contribution in [3.63, 3.8) is 0 Å². The summed E-state index contributed by atoms with van der Waals surface area (Å²) in [5, 5.41) is 3.75. The van der Waals surface area contributed by atoms with Gasteiger partial charge in [-0.3, -0.25) is 0 Å². The number of piperidine rings is 1. The minimum Gasteiger partial charge on any atom is -0.423 e. The zero-order valence-electron chi connectivity index (χ0n) is 14.7. The van der Waals surface area contributed by atoms with Crippen molar-refractivity contribution in [1.29, 1.82) is 0 Å². The van der Waals surface area contributed by atoms with Crippen LogP contribution in [0.4, 0.5) is 10.5 Å². The van der Waals surface area contributed by atoms with E-state index in [0.717, 1.165) is 43.4 Å². The Morgan fingerprint density at radius 3 is 3.04 bits per heavy atom. The smallest absolute Gasteiger partial charge is 0.336 e. The van der Waals surface area contributed by atoms with Crippen molar-refractivity contribution in [2.24, 2.45) is 0 Å². The lowest BCUT2D eigenvalue weighted by Gasteiger charge is -2.32. The fourth-order valence-corrected chi connectivity index (χ4v) is 3.15. The maximum absolute atomic E-state index is 12.5. The first-order chi connectivity index (χ1) is 12.1. The monoisotopic (exact) mass is 344 g/mol. The molecule has 0 spiro atoms. The van der Waals surface area contributed by atoms with Crippen LogP contribution >= 0.6 is 0 Å². The maximum atomic E-state index is 12.5. The van der Waals surface area contributed by atoms with Crippen LogP contribution in [0.3, 0.4) is 0 Å². The van der Waals surface area contributed by atoms with Crippen molar-refractivity contribution >= 4 is 22.7 Å². The van der Waals surface area contributed by atoms with Gasteiger partial charge >= 0.3 is 11.7 Å². The number of hydrogen-bond acceptors (Lipinski definition) is 4. The van der Waals surface area contributed by atoms with Gasteiger partial charge in [0.2, 0.25) is 0 Å². The molecule has 0 saturated carbocycles. The second-order valence-corrected chi connectivity index (χ2v) is 6.47. The van der Waals surface area contributed by atoms with Crippen molar-refractivity contribution in [1.82, 2.24) is 4.90 Å². The van der Waals surface area contributed by atoms with E-state index in [1.54, 1.807) is 11.0 Å². The summed E-state index contributed by atoms with van der Waals surface area (Å²) in [6, 6.07) is 6.68. The normalized spacial score (nSPS) is 17.7. The summed E-state index contributed by atoms with van der Waals surface area (Å²) in [6.45, 7) is 5.99. The molecule has 1 N–H and O–H groups in total. The van der Waals surface area contributed by atoms with Crippen LogP contribution in [0.5, 0.6) is 0 Å². The number of aryl methyl sites for hydroxylation is 1. The fourth-order valence-electron chi connectivity index (χ4n) is 3.15. The topological polar surface area (TPSA) is 71.8 Å². The molecule has 0 bridgehead atoms. The van der Waals surface area contributed by atoms with Crippen LogP contribution in [0.2, 0.25) is 0 Å². The van der Waals surface area contributed by atoms with Gasteiger partial charge in [-0.2, -0.15) is 0 Å². The predicted octanol–water partition coefficient (Wildman–Crippen LogP) is 3.52. The molecule has 134 valence electrons. The Hall–Kier alpha value is -2.34. The van der Waals surface area contributed by atoms with Crippen molar-refractivity contribution in [3.8, 4) is 0 Å². The van der Waals surface area contributed by atoms with Gasteiger partial charge in [0.25, 0.3) is 0 Å². The number of fused-ring (bicyclic) bond motifs is 1. The second kappa shape index (κ2) is 7.70. The number of carbonyl (C=O) groups excluding carboxylic acids is 1. The van der Waals surface area contributed by atoms with Gasteiger partial charge in [-0.05, 0) is 43.9 Å². The molecule has 1 saturated heterocycles. The number of carbonyl (C=O) groups is 1. The number of hydrogen-bond donors (Lipinski definition) is 1. The van der Waals surface area contributed by atoms with Gasteiger partial charge in [0.1, 0.15) is 5.58 Å². The molecule has 1 aromatic carbocycles. The molecule has 2 amide bonds. The Balaban J connectivity index is 1.70. The van der Waals surface area contributed by atoms with E-state index in [4.69, 9.17) is 9.15 Å². The molecule has 2 aromatic rings. The molecule has 25 heavy (non-hydrogen) atoms. The summed E-state index contributed by atoms with van der Waals surface area (Å²) in [5.74, 6) is 0. The van der Waals surface area contributed by atoms with Gasteiger partial charge < -0.3 is 19.4 Å². The predicted molar refractivity (Wildman–Crippen MR) is 97.1 cm³/mol. The first kappa shape index (κ1) is 17.5. The maximum Gasteiger partial charge on any atom is 0.336 e. The Kier molecular flexibility index (Phi) is 5.38. The highest BCUT2D eigenvalue weighted by molar-refractivity contribution is 5.92. The Morgan fingerprint density at radius 1 is 1.40 bits per heavy atom. The number of nitrogens with zero attached hydrogens (tertiary/aromatic N) is 1. The molecule has 6 heteroatoms. The van der Waals surface area contributed by atoms with E-state index in [0.29, 0.717) is 17.8 Å². The summed E-state index contributed by atoms with van der Waals surface area (Å²) in [6.07, 6.45) is 3.01. The SMILES string of the molecule is CCCO[C@@H]1CCCN(C(=O)Nc2ccc3c(C)cc(=O)oc3c2)C1. The lowest BCUT2D eigenvalue weighted by Crippen LogP contribution is -2.45. The highest BCUT2D eigenvalue weighted by atomic mass is 16.5. The van der Waals surface area contributed by atoms with Crippen LogP contribution in [0.15, 0.2) is 33.5 Å². The summed E-state index contributed by atoms with van der Waals surface area (Å²) < 4.78 is 11.0. The van der Waals surface area contributed by atoms with Crippen molar-refractivity contribution in [2.75, 3.05) is 25.0 Å². The van der Waals surface area contributed by atoms with Crippen LogP contribution in [-0.2, 0) is 4.74 Å². The number of benzene rings is 1. The highest BCUT2D eigenvalue weighted by Gasteiger charge is 2.24. The van der Waals surface area contributed by atoms with Crippen molar-refractivity contribution in [2.45, 2.75) is 39.2 Å². The minimum atomic E-state index is -0.388. The summed E-state index contributed by atoms with van der Waals surface area (Å²) >= 11 is 0. The summed E-state index contributed by atoms with van der Waals surface area (Å²) in [7, 11) is 0. The first-order valence-electron chi connectivity index (χ1n) is 8.79. The number of urea groups is 1. The third kappa shape index (κ3) is 4.20. The van der Waals surface area contributed by atoms with E-state index in [9.17, 15) is 9.59 Å². The third-order valence-corrected chi connectivity index (χ3v) is 4.43. The van der Waals surface area contributed by atoms with Gasteiger partial charge in [-0.1, -0.05) is 6.92 Å². The number of ether oxygens (including phenoxy) is 1. The average molecular weight is 344 g/mol. The third-order valence-electron chi connectivity index (χ3n) is 4.43. The Labute approximate surface area is 146 Å². The first-order valence-corrected chi connectivity index (χ1v) is 8.79. The van der Waals surface area contributed by atoms with Gasteiger partial charge in [-0.25, -0.2) is 9.59 Å². The molecule has 1 aliphatic heterocycles. The standard InChI is InChI=1S/C19H24N2O4/c1-3-9-24-15-5-4-8-21(12-15)19(23)20-14-6-7-16-13(2)10-18(22)25-17(16)11-14/h6-7,10-11,15H,3-5,8-9,12H2,1-2H3,(H,20,23)/t15-/m1/s1. The van der Waals surface area contributed by atoms with Gasteiger partial charge in [0.05, 0.1) is 6.10 Å². The van der Waals surface area contributed by atoms with Crippen LogP contribution < -0.4 is 10.9 Å². The lowest BCUT2D eigenvalue weighted by molar-refractivity contribution is 0.0115. The van der Waals surface area contributed by atoms with E-state index in [1.165, 1.54) is 6.07 Å². The van der Waals surface area contributed by atoms with Crippen molar-refractivity contribution < 1.29 is 13.9 Å². The summed E-state index contributed by atoms with van der Waals surface area (Å²) in [4.78, 5) is 25.8. The van der Waals surface area contributed by atoms with Gasteiger partial charge in [-0.15, -0.1) is 0 Å². The molecule has 6 nitrogen and oxygen atoms in total. The quantitative estimate of drug-likeness (QED) is 0.861. The molecule has 1 aromatic heterocycles. The zero-order chi connectivity index (χ0) is 17.8. The lowest BCUT2D eigenvalue weighted by atomic mass is 10.1. The van der Waals surface area contributed by atoms with Crippen LogP contribution in [0.25, 0.3) is 11.0 Å². The highest BCUT2D eigenvalue weighted by Crippen LogP contribution is 2.21. The summed E-state index contributed by atoms with van der Waals surface area (Å²) in [5.41, 5.74) is 1.56. The average Bonchev–Trinajstić information content (AvgIpc) is 2.59. The van der Waals surface area contributed by atoms with E-state index < -0.39 is 0 Å². The second-order valence-electron chi connectivity index (χ2n) is 6.47. The molecular formula is C19H24N2O4. The van der Waals surface area contributed by atoms with Gasteiger partial charge in [0, 0.05) is 42.9 Å². The molecule has 2 heterocycles. The number of anilines is 1. The Morgan fingerprint density at radius 2 is 2.24 bits per heavy atom. The molecule has 0 aliphatic carbocycles. The van der Waals surface area contributed by atoms with E-state index in [2.05, 4.69) is 12.2 Å². The molecule has 1 aliphatic rings. The number of nitrogens with one attached hydrogen (secondary N) is 1. The number of rotatable bonds is 4. The Bertz CT molecular complexity index is 815.